The van der Waals surface area contributed by atoms with Gasteiger partial charge in [0.15, 0.2) is 0 Å². The molecule has 94 heavy (non-hydrogen) atoms. The molecule has 0 unspecified atom stereocenters. The minimum Gasteiger partial charge on any atom is -0.493 e. The highest BCUT2D eigenvalue weighted by Gasteiger charge is 2.29. The van der Waals surface area contributed by atoms with Crippen molar-refractivity contribution in [2.75, 3.05) is 76.2 Å². The summed E-state index contributed by atoms with van der Waals surface area (Å²) in [5.74, 6) is 3.91. The summed E-state index contributed by atoms with van der Waals surface area (Å²) >= 11 is 0. The molecule has 4 aromatic carbocycles. The highest BCUT2D eigenvalue weighted by Crippen LogP contribution is 2.42. The maximum Gasteiger partial charge on any atom is 0.271 e. The van der Waals surface area contributed by atoms with Gasteiger partial charge >= 0.3 is 0 Å². The molecule has 0 bridgehead atoms. The molecule has 1 amide bonds. The Hall–Kier alpha value is -10.1. The average molecular weight is 1270 g/mol. The van der Waals surface area contributed by atoms with Gasteiger partial charge in [-0.3, -0.25) is 27.9 Å². The molecular weight excluding hydrogens is 1200 g/mol. The Morgan fingerprint density at radius 3 is 1.47 bits per heavy atom. The van der Waals surface area contributed by atoms with Gasteiger partial charge < -0.3 is 39.8 Å². The number of amides is 1. The van der Waals surface area contributed by atoms with Crippen LogP contribution >= 0.6 is 0 Å². The standard InChI is InChI=1S/C27H28FN5O2.C25H25FN6O2.C19H19FN4O/c1-18-16-33-26(31-18)22(20-4-2-19(3-5-20)17-32-9-12-34-13-10-32)14-29-27(33)30-15-23-21-8-11-35-25(21)7-6-24(23)28;1-14-9-21(24(33)31(3)4)27-10-17(14)19-12-29-25(32-13-15(2)30-23(19)32)28-11-18-16-7-8-34-22(16)6-5-20(18)26;1-11-10-24-18(23-11)14(12-2-3-12)8-21-19(24)22-9-15-13-6-7-25-17(13)5-4-16(15)20/h2-7,14,16H,8-13,15,17H2,1H3,(H,29,30);5-6,9-10,12-13H,7-8,11H2,1-4H3,(H,28,29);4-5,8,10,12H,2-3,6-7,9H2,1H3,(H,21,22). The Labute approximate surface area is 541 Å². The van der Waals surface area contributed by atoms with Gasteiger partial charge in [-0.25, -0.2) is 43.1 Å². The van der Waals surface area contributed by atoms with Gasteiger partial charge in [0.2, 0.25) is 17.8 Å². The number of carbonyl (C=O) groups excluding carboxylic acids is 1. The van der Waals surface area contributed by atoms with Gasteiger partial charge in [-0.15, -0.1) is 0 Å². The van der Waals surface area contributed by atoms with E-state index >= 15 is 0 Å². The first-order chi connectivity index (χ1) is 45.7. The number of imidazole rings is 3. The molecule has 20 nitrogen and oxygen atoms in total. The molecule has 23 heteroatoms. The van der Waals surface area contributed by atoms with Crippen LogP contribution in [0.5, 0.6) is 17.2 Å². The van der Waals surface area contributed by atoms with Gasteiger partial charge in [0.05, 0.1) is 50.1 Å². The molecule has 3 N–H and O–H groups in total. The zero-order chi connectivity index (χ0) is 64.7. The number of halogens is 3. The molecular formula is C71H72F3N15O5. The fourth-order valence-electron chi connectivity index (χ4n) is 12.8. The highest BCUT2D eigenvalue weighted by atomic mass is 19.1. The predicted molar refractivity (Wildman–Crippen MR) is 351 cm³/mol. The molecule has 0 radical (unpaired) electrons. The second kappa shape index (κ2) is 26.1. The Bertz CT molecular complexity index is 4690. The predicted octanol–water partition coefficient (Wildman–Crippen LogP) is 11.6. The third kappa shape index (κ3) is 12.5. The summed E-state index contributed by atoms with van der Waals surface area (Å²) < 4.78 is 71.4. The Kier molecular flexibility index (Phi) is 17.0. The number of nitrogens with zero attached hydrogens (tertiary/aromatic N) is 12. The minimum absolute atomic E-state index is 0.154. The van der Waals surface area contributed by atoms with E-state index in [9.17, 15) is 18.0 Å². The second-order valence-electron chi connectivity index (χ2n) is 24.6. The molecule has 4 aliphatic heterocycles. The summed E-state index contributed by atoms with van der Waals surface area (Å²) in [7, 11) is 3.39. The van der Waals surface area contributed by atoms with E-state index in [1.807, 2.05) is 71.9 Å². The largest absolute Gasteiger partial charge is 0.493 e. The van der Waals surface area contributed by atoms with Crippen molar-refractivity contribution in [2.45, 2.75) is 91.9 Å². The lowest BCUT2D eigenvalue weighted by atomic mass is 10.0. The molecule has 1 saturated heterocycles. The van der Waals surface area contributed by atoms with E-state index in [1.165, 1.54) is 47.1 Å². The van der Waals surface area contributed by atoms with Crippen molar-refractivity contribution in [3.8, 4) is 39.5 Å². The highest BCUT2D eigenvalue weighted by molar-refractivity contribution is 5.93. The van der Waals surface area contributed by atoms with Crippen LogP contribution in [0.4, 0.5) is 31.0 Å². The van der Waals surface area contributed by atoms with E-state index < -0.39 is 0 Å². The van der Waals surface area contributed by atoms with Crippen LogP contribution in [0.3, 0.4) is 0 Å². The van der Waals surface area contributed by atoms with Crippen molar-refractivity contribution in [3.05, 3.63) is 200 Å². The molecule has 2 fully saturated rings. The third-order valence-electron chi connectivity index (χ3n) is 17.8. The summed E-state index contributed by atoms with van der Waals surface area (Å²) in [5, 5.41) is 9.88. The maximum atomic E-state index is 14.6. The van der Waals surface area contributed by atoms with Crippen LogP contribution in [0.15, 0.2) is 110 Å². The summed E-state index contributed by atoms with van der Waals surface area (Å²) in [5.41, 5.74) is 17.3. The molecule has 5 aliphatic rings. The van der Waals surface area contributed by atoms with Crippen LogP contribution in [-0.4, -0.2) is 124 Å². The molecule has 482 valence electrons. The lowest BCUT2D eigenvalue weighted by Gasteiger charge is -2.26. The number of nitrogens with one attached hydrogen (secondary N) is 3. The molecule has 1 saturated carbocycles. The van der Waals surface area contributed by atoms with E-state index in [1.54, 1.807) is 50.8 Å². The van der Waals surface area contributed by atoms with E-state index in [0.717, 1.165) is 136 Å². The van der Waals surface area contributed by atoms with Crippen molar-refractivity contribution in [1.29, 1.82) is 0 Å². The first-order valence-electron chi connectivity index (χ1n) is 31.8. The molecule has 16 rings (SSSR count). The second-order valence-corrected chi connectivity index (χ2v) is 24.6. The number of ether oxygens (including phenoxy) is 4. The lowest BCUT2D eigenvalue weighted by molar-refractivity contribution is 0.0342. The normalized spacial score (nSPS) is 14.7. The van der Waals surface area contributed by atoms with Crippen molar-refractivity contribution in [3.63, 3.8) is 0 Å². The van der Waals surface area contributed by atoms with Crippen LogP contribution in [0.2, 0.25) is 0 Å². The monoisotopic (exact) mass is 1270 g/mol. The zero-order valence-corrected chi connectivity index (χ0v) is 53.3. The number of benzene rings is 4. The van der Waals surface area contributed by atoms with Crippen molar-refractivity contribution >= 4 is 40.7 Å². The molecule has 1 aliphatic carbocycles. The molecule has 11 heterocycles. The fourth-order valence-corrected chi connectivity index (χ4v) is 12.8. The van der Waals surface area contributed by atoms with E-state index in [-0.39, 0.29) is 29.9 Å². The van der Waals surface area contributed by atoms with Gasteiger partial charge in [-0.05, 0) is 106 Å². The third-order valence-corrected chi connectivity index (χ3v) is 17.8. The number of aromatic nitrogens is 10. The van der Waals surface area contributed by atoms with Crippen molar-refractivity contribution < 1.29 is 36.9 Å². The van der Waals surface area contributed by atoms with Crippen LogP contribution in [0, 0.1) is 45.1 Å². The minimum atomic E-state index is -0.263. The lowest BCUT2D eigenvalue weighted by Crippen LogP contribution is -2.35. The van der Waals surface area contributed by atoms with Crippen molar-refractivity contribution in [2.24, 2.45) is 0 Å². The Morgan fingerprint density at radius 1 is 0.543 bits per heavy atom. The van der Waals surface area contributed by atoms with E-state index in [4.69, 9.17) is 28.9 Å². The average Bonchev–Trinajstić information content (AvgIpc) is 1.58. The van der Waals surface area contributed by atoms with E-state index in [2.05, 4.69) is 70.0 Å². The molecule has 7 aromatic heterocycles. The molecule has 11 aromatic rings. The summed E-state index contributed by atoms with van der Waals surface area (Å²) in [6, 6.07) is 19.9. The number of anilines is 3. The first kappa shape index (κ1) is 61.4. The van der Waals surface area contributed by atoms with E-state index in [0.29, 0.717) is 91.1 Å². The number of aryl methyl sites for hydroxylation is 4. The Balaban J connectivity index is 0.000000124. The number of pyridine rings is 1. The summed E-state index contributed by atoms with van der Waals surface area (Å²) in [6.45, 7) is 15.0. The van der Waals surface area contributed by atoms with Gasteiger partial charge in [0.25, 0.3) is 5.91 Å². The summed E-state index contributed by atoms with van der Waals surface area (Å²) in [6.07, 6.45) is 17.6. The fraction of sp³-hybridized carbons (Fsp3) is 0.324. The molecule has 0 atom stereocenters. The van der Waals surface area contributed by atoms with Gasteiger partial charge in [0.1, 0.15) is 57.3 Å². The number of hydrogen-bond acceptors (Lipinski definition) is 16. The van der Waals surface area contributed by atoms with Crippen molar-refractivity contribution in [1.82, 2.24) is 57.9 Å². The SMILES string of the molecule is Cc1cn2c(NCc3c(F)ccc4c3CCO4)ncc(-c3ccc(CN4CCOCC4)cc3)c2n1.Cc1cn2c(NCc3c(F)ccc4c3CCO4)ncc(-c3cnc(C(=O)N(C)C)cc3C)c2n1.Cc1cn2c(NCc3c(F)ccc4c3CCO4)ncc(C3CC3)c2n1. The number of rotatable bonds is 15. The van der Waals surface area contributed by atoms with Gasteiger partial charge in [-0.2, -0.15) is 0 Å². The van der Waals surface area contributed by atoms with Crippen LogP contribution in [0.1, 0.15) is 96.4 Å². The number of fused-ring (bicyclic) bond motifs is 6. The summed E-state index contributed by atoms with van der Waals surface area (Å²) in [4.78, 5) is 48.5. The van der Waals surface area contributed by atoms with Gasteiger partial charge in [0, 0.05) is 172 Å². The first-order valence-corrected chi connectivity index (χ1v) is 31.8. The van der Waals surface area contributed by atoms with Crippen LogP contribution in [-0.2, 0) is 50.2 Å². The number of morpholine rings is 1. The Morgan fingerprint density at radius 2 is 0.989 bits per heavy atom. The number of hydrogen-bond donors (Lipinski definition) is 3. The quantitative estimate of drug-likeness (QED) is 0.0874. The van der Waals surface area contributed by atoms with Gasteiger partial charge in [-0.1, -0.05) is 24.3 Å². The van der Waals surface area contributed by atoms with Crippen LogP contribution in [0.25, 0.3) is 39.2 Å². The number of carbonyl (C=O) groups is 1. The maximum absolute atomic E-state index is 14.6. The smallest absolute Gasteiger partial charge is 0.271 e. The molecule has 0 spiro atoms. The topological polar surface area (TPSA) is 200 Å². The van der Waals surface area contributed by atoms with Crippen LogP contribution < -0.4 is 30.2 Å². The zero-order valence-electron chi connectivity index (χ0n) is 53.3.